The molecule has 1 saturated heterocycles. The summed E-state index contributed by atoms with van der Waals surface area (Å²) in [6.07, 6.45) is 2.02. The van der Waals surface area contributed by atoms with Crippen LogP contribution in [0, 0.1) is 5.82 Å². The number of nitrogens with two attached hydrogens (primary N) is 1. The quantitative estimate of drug-likeness (QED) is 0.897. The van der Waals surface area contributed by atoms with E-state index in [1.165, 1.54) is 18.2 Å². The molecule has 1 fully saturated rings. The maximum absolute atomic E-state index is 13.0. The maximum atomic E-state index is 13.0. The van der Waals surface area contributed by atoms with Crippen molar-refractivity contribution in [2.75, 3.05) is 25.0 Å². The number of anilines is 1. The highest BCUT2D eigenvalue weighted by atomic mass is 35.5. The third-order valence-corrected chi connectivity index (χ3v) is 3.40. The fraction of sp³-hybridized carbons (Fsp3) is 0.462. The molecular formula is C13H18Cl2FN3O. The molecule has 0 aromatic heterocycles. The lowest BCUT2D eigenvalue weighted by atomic mass is 10.1. The average molecular weight is 322 g/mol. The van der Waals surface area contributed by atoms with Crippen LogP contribution < -0.4 is 11.1 Å². The Morgan fingerprint density at radius 2 is 2.30 bits per heavy atom. The number of nitrogens with one attached hydrogen (secondary N) is 1. The topological polar surface area (TPSA) is 58.4 Å². The maximum Gasteiger partial charge on any atom is 0.238 e. The number of likely N-dealkylation sites (tertiary alicyclic amines) is 1. The molecule has 20 heavy (non-hydrogen) atoms. The number of rotatable bonds is 3. The standard InChI is InChI=1S/C13H17ClFN3O.ClH/c14-11-6-10(3-4-12(11)15)17-13(19)8-18-5-1-2-9(16)7-18;/h3-4,6,9H,1-2,5,7-8,16H2,(H,17,19);1H/t9-;/m1./s1. The third kappa shape index (κ3) is 4.90. The molecule has 0 radical (unpaired) electrons. The van der Waals surface area contributed by atoms with Gasteiger partial charge in [-0.1, -0.05) is 11.6 Å². The first kappa shape index (κ1) is 17.2. The molecule has 0 aliphatic carbocycles. The van der Waals surface area contributed by atoms with Gasteiger partial charge in [0.1, 0.15) is 5.82 Å². The molecule has 7 heteroatoms. The first-order valence-electron chi connectivity index (χ1n) is 6.27. The molecule has 2 rings (SSSR count). The second-order valence-corrected chi connectivity index (χ2v) is 5.22. The van der Waals surface area contributed by atoms with Gasteiger partial charge in [-0.15, -0.1) is 12.4 Å². The van der Waals surface area contributed by atoms with E-state index in [1.807, 2.05) is 4.90 Å². The zero-order valence-corrected chi connectivity index (χ0v) is 12.5. The fourth-order valence-corrected chi connectivity index (χ4v) is 2.39. The highest BCUT2D eigenvalue weighted by molar-refractivity contribution is 6.31. The molecule has 1 heterocycles. The van der Waals surface area contributed by atoms with E-state index < -0.39 is 5.82 Å². The van der Waals surface area contributed by atoms with Crippen LogP contribution in [0.3, 0.4) is 0 Å². The molecule has 1 atom stereocenters. The lowest BCUT2D eigenvalue weighted by Crippen LogP contribution is -2.45. The highest BCUT2D eigenvalue weighted by Crippen LogP contribution is 2.19. The van der Waals surface area contributed by atoms with Crippen LogP contribution in [0.1, 0.15) is 12.8 Å². The van der Waals surface area contributed by atoms with Gasteiger partial charge in [0.05, 0.1) is 11.6 Å². The first-order chi connectivity index (χ1) is 9.04. The largest absolute Gasteiger partial charge is 0.327 e. The molecule has 3 N–H and O–H groups in total. The van der Waals surface area contributed by atoms with E-state index in [4.69, 9.17) is 17.3 Å². The molecule has 0 saturated carbocycles. The SMILES string of the molecule is Cl.N[C@@H]1CCCN(CC(=O)Nc2ccc(F)c(Cl)c2)C1. The highest BCUT2D eigenvalue weighted by Gasteiger charge is 2.18. The molecule has 1 aliphatic rings. The zero-order valence-electron chi connectivity index (χ0n) is 10.9. The van der Waals surface area contributed by atoms with Crippen molar-refractivity contribution in [1.29, 1.82) is 0 Å². The Hall–Kier alpha value is -0.880. The molecular weight excluding hydrogens is 304 g/mol. The van der Waals surface area contributed by atoms with Crippen molar-refractivity contribution >= 4 is 35.6 Å². The minimum atomic E-state index is -0.498. The van der Waals surface area contributed by atoms with Gasteiger partial charge in [0, 0.05) is 18.3 Å². The number of hydrogen-bond acceptors (Lipinski definition) is 3. The summed E-state index contributed by atoms with van der Waals surface area (Å²) in [4.78, 5) is 13.9. The molecule has 0 unspecified atom stereocenters. The van der Waals surface area contributed by atoms with Crippen LogP contribution in [0.25, 0.3) is 0 Å². The summed E-state index contributed by atoms with van der Waals surface area (Å²) < 4.78 is 13.0. The third-order valence-electron chi connectivity index (χ3n) is 3.11. The summed E-state index contributed by atoms with van der Waals surface area (Å²) in [5.74, 6) is -0.640. The molecule has 1 aromatic carbocycles. The van der Waals surface area contributed by atoms with Crippen molar-refractivity contribution < 1.29 is 9.18 Å². The molecule has 1 aliphatic heterocycles. The van der Waals surface area contributed by atoms with Crippen molar-refractivity contribution in [2.45, 2.75) is 18.9 Å². The number of carbonyl (C=O) groups is 1. The van der Waals surface area contributed by atoms with Gasteiger partial charge >= 0.3 is 0 Å². The van der Waals surface area contributed by atoms with Crippen molar-refractivity contribution in [3.63, 3.8) is 0 Å². The van der Waals surface area contributed by atoms with Crippen molar-refractivity contribution in [3.05, 3.63) is 29.0 Å². The van der Waals surface area contributed by atoms with Crippen molar-refractivity contribution in [1.82, 2.24) is 4.90 Å². The van der Waals surface area contributed by atoms with E-state index in [0.29, 0.717) is 12.2 Å². The van der Waals surface area contributed by atoms with Gasteiger partial charge in [-0.2, -0.15) is 0 Å². The fourth-order valence-electron chi connectivity index (χ4n) is 2.21. The molecule has 0 spiro atoms. The summed E-state index contributed by atoms with van der Waals surface area (Å²) in [7, 11) is 0. The first-order valence-corrected chi connectivity index (χ1v) is 6.65. The number of nitrogens with zero attached hydrogens (tertiary/aromatic N) is 1. The predicted octanol–water partition coefficient (Wildman–Crippen LogP) is 2.26. The summed E-state index contributed by atoms with van der Waals surface area (Å²) in [5, 5.41) is 2.70. The van der Waals surface area contributed by atoms with Gasteiger partial charge in [-0.05, 0) is 37.6 Å². The minimum absolute atomic E-state index is 0. The molecule has 1 amide bonds. The van der Waals surface area contributed by atoms with Crippen LogP contribution in [0.5, 0.6) is 0 Å². The lowest BCUT2D eigenvalue weighted by Gasteiger charge is -2.29. The van der Waals surface area contributed by atoms with E-state index in [0.717, 1.165) is 25.9 Å². The Labute approximate surface area is 128 Å². The average Bonchev–Trinajstić information content (AvgIpc) is 2.34. The van der Waals surface area contributed by atoms with Crippen LogP contribution in [0.2, 0.25) is 5.02 Å². The van der Waals surface area contributed by atoms with Gasteiger partial charge in [0.2, 0.25) is 5.91 Å². The second kappa shape index (κ2) is 7.78. The number of halogens is 3. The summed E-state index contributed by atoms with van der Waals surface area (Å²) in [6.45, 7) is 1.91. The summed E-state index contributed by atoms with van der Waals surface area (Å²) >= 11 is 5.66. The van der Waals surface area contributed by atoms with Gasteiger partial charge in [0.15, 0.2) is 0 Å². The van der Waals surface area contributed by atoms with Gasteiger partial charge in [-0.25, -0.2) is 4.39 Å². The Balaban J connectivity index is 0.00000200. The molecule has 112 valence electrons. The van der Waals surface area contributed by atoms with Gasteiger partial charge in [-0.3, -0.25) is 9.69 Å². The normalized spacial score (nSPS) is 19.2. The number of amides is 1. The van der Waals surface area contributed by atoms with E-state index in [-0.39, 0.29) is 29.4 Å². The minimum Gasteiger partial charge on any atom is -0.327 e. The Morgan fingerprint density at radius 3 is 2.95 bits per heavy atom. The van der Waals surface area contributed by atoms with Crippen LogP contribution in [0.15, 0.2) is 18.2 Å². The smallest absolute Gasteiger partial charge is 0.238 e. The van der Waals surface area contributed by atoms with Crippen molar-refractivity contribution in [3.8, 4) is 0 Å². The Morgan fingerprint density at radius 1 is 1.55 bits per heavy atom. The number of hydrogen-bond donors (Lipinski definition) is 2. The molecule has 0 bridgehead atoms. The Kier molecular flexibility index (Phi) is 6.68. The van der Waals surface area contributed by atoms with Gasteiger partial charge < -0.3 is 11.1 Å². The van der Waals surface area contributed by atoms with Crippen molar-refractivity contribution in [2.24, 2.45) is 5.73 Å². The van der Waals surface area contributed by atoms with E-state index in [2.05, 4.69) is 5.32 Å². The number of carbonyl (C=O) groups excluding carboxylic acids is 1. The second-order valence-electron chi connectivity index (χ2n) is 4.81. The van der Waals surface area contributed by atoms with Crippen LogP contribution in [0.4, 0.5) is 10.1 Å². The van der Waals surface area contributed by atoms with Crippen LogP contribution in [-0.4, -0.2) is 36.5 Å². The lowest BCUT2D eigenvalue weighted by molar-refractivity contribution is -0.117. The predicted molar refractivity (Wildman–Crippen MR) is 80.9 cm³/mol. The van der Waals surface area contributed by atoms with Crippen LogP contribution >= 0.6 is 24.0 Å². The van der Waals surface area contributed by atoms with Gasteiger partial charge in [0.25, 0.3) is 0 Å². The molecule has 4 nitrogen and oxygen atoms in total. The summed E-state index contributed by atoms with van der Waals surface area (Å²) in [6, 6.07) is 4.26. The van der Waals surface area contributed by atoms with E-state index in [9.17, 15) is 9.18 Å². The van der Waals surface area contributed by atoms with Crippen LogP contribution in [-0.2, 0) is 4.79 Å². The van der Waals surface area contributed by atoms with E-state index >= 15 is 0 Å². The van der Waals surface area contributed by atoms with E-state index in [1.54, 1.807) is 0 Å². The summed E-state index contributed by atoms with van der Waals surface area (Å²) in [5.41, 5.74) is 6.36. The Bertz CT molecular complexity index is 473. The number of benzene rings is 1. The number of piperidine rings is 1. The monoisotopic (exact) mass is 321 g/mol. The molecule has 1 aromatic rings. The zero-order chi connectivity index (χ0) is 13.8.